The molecule has 0 aliphatic rings. The van der Waals surface area contributed by atoms with Crippen molar-refractivity contribution in [3.05, 3.63) is 59.2 Å². The number of nitrogens with one attached hydrogen (secondary N) is 3. The second kappa shape index (κ2) is 9.98. The van der Waals surface area contributed by atoms with E-state index in [9.17, 15) is 8.42 Å². The van der Waals surface area contributed by atoms with Crippen LogP contribution in [0.3, 0.4) is 0 Å². The molecule has 3 N–H and O–H groups in total. The van der Waals surface area contributed by atoms with Gasteiger partial charge in [0.15, 0.2) is 5.96 Å². The van der Waals surface area contributed by atoms with Gasteiger partial charge in [-0.2, -0.15) is 0 Å². The van der Waals surface area contributed by atoms with Crippen LogP contribution in [-0.2, 0) is 23.0 Å². The number of sulfonamides is 1. The molecule has 2 aromatic carbocycles. The van der Waals surface area contributed by atoms with Crippen molar-refractivity contribution in [2.75, 3.05) is 31.7 Å². The highest BCUT2D eigenvalue weighted by Crippen LogP contribution is 2.19. The number of anilines is 1. The molecule has 0 aliphatic heterocycles. The topological polar surface area (TPSA) is 91.8 Å². The molecule has 2 rings (SSSR count). The summed E-state index contributed by atoms with van der Waals surface area (Å²) in [5.74, 6) is 1.53. The first kappa shape index (κ1) is 21.6. The number of hydrogen-bond donors (Lipinski definition) is 3. The molecule has 0 atom stereocenters. The minimum Gasteiger partial charge on any atom is -0.496 e. The van der Waals surface area contributed by atoms with Gasteiger partial charge in [-0.25, -0.2) is 8.42 Å². The number of aryl methyl sites for hydroxylation is 1. The van der Waals surface area contributed by atoms with Crippen LogP contribution in [0, 0.1) is 6.92 Å². The molecular formula is C20H28N4O3S. The Labute approximate surface area is 167 Å². The Bertz CT molecular complexity index is 927. The SMILES string of the molecule is CN=C(NCCc1ccc(C)c(OC)c1)NCc1ccccc1NS(C)(=O)=O. The molecule has 8 heteroatoms. The molecule has 0 amide bonds. The van der Waals surface area contributed by atoms with Crippen molar-refractivity contribution in [1.29, 1.82) is 0 Å². The molecule has 0 aromatic heterocycles. The first-order valence-corrected chi connectivity index (χ1v) is 10.8. The van der Waals surface area contributed by atoms with E-state index in [1.54, 1.807) is 26.3 Å². The van der Waals surface area contributed by atoms with Gasteiger partial charge in [-0.05, 0) is 42.2 Å². The van der Waals surface area contributed by atoms with Crippen molar-refractivity contribution in [3.8, 4) is 5.75 Å². The van der Waals surface area contributed by atoms with Gasteiger partial charge < -0.3 is 15.4 Å². The zero-order valence-electron chi connectivity index (χ0n) is 16.7. The Morgan fingerprint density at radius 2 is 1.89 bits per heavy atom. The molecule has 0 bridgehead atoms. The minimum atomic E-state index is -3.33. The number of hydrogen-bond acceptors (Lipinski definition) is 4. The number of para-hydroxylation sites is 1. The van der Waals surface area contributed by atoms with Crippen molar-refractivity contribution in [2.45, 2.75) is 19.9 Å². The summed E-state index contributed by atoms with van der Waals surface area (Å²) in [7, 11) is 0.0411. The van der Waals surface area contributed by atoms with Gasteiger partial charge in [-0.15, -0.1) is 0 Å². The Kier molecular flexibility index (Phi) is 7.69. The zero-order chi connectivity index (χ0) is 20.6. The van der Waals surface area contributed by atoms with Crippen LogP contribution in [0.4, 0.5) is 5.69 Å². The van der Waals surface area contributed by atoms with E-state index in [2.05, 4.69) is 26.4 Å². The Hall–Kier alpha value is -2.74. The fraction of sp³-hybridized carbons (Fsp3) is 0.350. The molecule has 0 aliphatic carbocycles. The van der Waals surface area contributed by atoms with Crippen LogP contribution in [0.5, 0.6) is 5.75 Å². The molecule has 7 nitrogen and oxygen atoms in total. The van der Waals surface area contributed by atoms with Crippen molar-refractivity contribution in [3.63, 3.8) is 0 Å². The summed E-state index contributed by atoms with van der Waals surface area (Å²) < 4.78 is 30.9. The van der Waals surface area contributed by atoms with Gasteiger partial charge in [-0.1, -0.05) is 30.3 Å². The van der Waals surface area contributed by atoms with Gasteiger partial charge in [0, 0.05) is 20.1 Å². The summed E-state index contributed by atoms with van der Waals surface area (Å²) in [6.45, 7) is 3.16. The predicted octanol–water partition coefficient (Wildman–Crippen LogP) is 2.28. The number of methoxy groups -OCH3 is 1. The summed E-state index contributed by atoms with van der Waals surface area (Å²) in [5.41, 5.74) is 3.67. The molecule has 0 unspecified atom stereocenters. The molecule has 0 heterocycles. The summed E-state index contributed by atoms with van der Waals surface area (Å²) in [5, 5.41) is 6.48. The van der Waals surface area contributed by atoms with Gasteiger partial charge in [-0.3, -0.25) is 9.71 Å². The lowest BCUT2D eigenvalue weighted by molar-refractivity contribution is 0.411. The number of benzene rings is 2. The van der Waals surface area contributed by atoms with Crippen LogP contribution in [0.1, 0.15) is 16.7 Å². The van der Waals surface area contributed by atoms with Crippen LogP contribution in [0.25, 0.3) is 0 Å². The molecule has 0 fully saturated rings. The number of guanidine groups is 1. The average molecular weight is 405 g/mol. The third-order valence-corrected chi connectivity index (χ3v) is 4.75. The maximum Gasteiger partial charge on any atom is 0.229 e. The van der Waals surface area contributed by atoms with Crippen LogP contribution in [-0.4, -0.2) is 41.3 Å². The largest absolute Gasteiger partial charge is 0.496 e. The molecule has 0 spiro atoms. The second-order valence-corrected chi connectivity index (χ2v) is 8.19. The quantitative estimate of drug-likeness (QED) is 0.464. The van der Waals surface area contributed by atoms with Crippen molar-refractivity contribution < 1.29 is 13.2 Å². The Balaban J connectivity index is 1.90. The lowest BCUT2D eigenvalue weighted by Crippen LogP contribution is -2.38. The zero-order valence-corrected chi connectivity index (χ0v) is 17.6. The minimum absolute atomic E-state index is 0.441. The van der Waals surface area contributed by atoms with Crippen LogP contribution >= 0.6 is 0 Å². The number of nitrogens with zero attached hydrogens (tertiary/aromatic N) is 1. The fourth-order valence-corrected chi connectivity index (χ4v) is 3.32. The first-order valence-electron chi connectivity index (χ1n) is 8.96. The molecule has 28 heavy (non-hydrogen) atoms. The van der Waals surface area contributed by atoms with Gasteiger partial charge in [0.1, 0.15) is 5.75 Å². The fourth-order valence-electron chi connectivity index (χ4n) is 2.72. The first-order chi connectivity index (χ1) is 13.3. The van der Waals surface area contributed by atoms with E-state index >= 15 is 0 Å². The third kappa shape index (κ3) is 6.77. The number of aliphatic imine (C=N–C) groups is 1. The molecule has 2 aromatic rings. The Morgan fingerprint density at radius 3 is 2.57 bits per heavy atom. The van der Waals surface area contributed by atoms with E-state index in [0.29, 0.717) is 24.7 Å². The second-order valence-electron chi connectivity index (χ2n) is 6.44. The summed E-state index contributed by atoms with van der Waals surface area (Å²) in [6.07, 6.45) is 1.96. The maximum absolute atomic E-state index is 11.5. The highest BCUT2D eigenvalue weighted by molar-refractivity contribution is 7.92. The van der Waals surface area contributed by atoms with Crippen molar-refractivity contribution in [2.24, 2.45) is 4.99 Å². The standard InChI is InChI=1S/C20H28N4O3S/c1-15-9-10-16(13-19(15)27-3)11-12-22-20(21-2)23-14-17-7-5-6-8-18(17)24-28(4,25)26/h5-10,13,24H,11-12,14H2,1-4H3,(H2,21,22,23). The van der Waals surface area contributed by atoms with Gasteiger partial charge in [0.25, 0.3) is 0 Å². The molecular weight excluding hydrogens is 376 g/mol. The van der Waals surface area contributed by atoms with Gasteiger partial charge in [0.05, 0.1) is 19.1 Å². The average Bonchev–Trinajstić information content (AvgIpc) is 2.65. The van der Waals surface area contributed by atoms with Gasteiger partial charge in [0.2, 0.25) is 10.0 Å². The Morgan fingerprint density at radius 1 is 1.14 bits per heavy atom. The van der Waals surface area contributed by atoms with E-state index in [0.717, 1.165) is 29.6 Å². The normalized spacial score (nSPS) is 11.8. The van der Waals surface area contributed by atoms with E-state index < -0.39 is 10.0 Å². The molecule has 0 saturated carbocycles. The summed E-state index contributed by atoms with van der Waals surface area (Å²) >= 11 is 0. The smallest absolute Gasteiger partial charge is 0.229 e. The lowest BCUT2D eigenvalue weighted by Gasteiger charge is -2.15. The van der Waals surface area contributed by atoms with E-state index in [-0.39, 0.29) is 0 Å². The molecule has 0 saturated heterocycles. The number of rotatable bonds is 8. The summed E-state index contributed by atoms with van der Waals surface area (Å²) in [6, 6.07) is 13.4. The van der Waals surface area contributed by atoms with Crippen molar-refractivity contribution >= 4 is 21.7 Å². The molecule has 152 valence electrons. The maximum atomic E-state index is 11.5. The predicted molar refractivity (Wildman–Crippen MR) is 115 cm³/mol. The van der Waals surface area contributed by atoms with E-state index in [1.807, 2.05) is 31.2 Å². The summed E-state index contributed by atoms with van der Waals surface area (Å²) in [4.78, 5) is 4.22. The highest BCUT2D eigenvalue weighted by Gasteiger charge is 2.08. The molecule has 0 radical (unpaired) electrons. The monoisotopic (exact) mass is 404 g/mol. The van der Waals surface area contributed by atoms with E-state index in [4.69, 9.17) is 4.74 Å². The van der Waals surface area contributed by atoms with Crippen LogP contribution in [0.15, 0.2) is 47.5 Å². The lowest BCUT2D eigenvalue weighted by atomic mass is 10.1. The van der Waals surface area contributed by atoms with Crippen molar-refractivity contribution in [1.82, 2.24) is 10.6 Å². The van der Waals surface area contributed by atoms with Gasteiger partial charge >= 0.3 is 0 Å². The van der Waals surface area contributed by atoms with Crippen LogP contribution in [0.2, 0.25) is 0 Å². The number of ether oxygens (including phenoxy) is 1. The van der Waals surface area contributed by atoms with E-state index in [1.165, 1.54) is 5.56 Å². The van der Waals surface area contributed by atoms with Crippen LogP contribution < -0.4 is 20.1 Å². The highest BCUT2D eigenvalue weighted by atomic mass is 32.2. The third-order valence-electron chi connectivity index (χ3n) is 4.16.